The summed E-state index contributed by atoms with van der Waals surface area (Å²) in [6, 6.07) is 4.63. The van der Waals surface area contributed by atoms with Crippen molar-refractivity contribution < 1.29 is 18.3 Å². The molecule has 0 fully saturated rings. The Morgan fingerprint density at radius 3 is 2.52 bits per heavy atom. The lowest BCUT2D eigenvalue weighted by Gasteiger charge is -2.16. The van der Waals surface area contributed by atoms with Gasteiger partial charge < -0.3 is 5.11 Å². The average Bonchev–Trinajstić information content (AvgIpc) is 2.36. The van der Waals surface area contributed by atoms with Crippen molar-refractivity contribution in [1.82, 2.24) is 4.72 Å². The van der Waals surface area contributed by atoms with Crippen LogP contribution in [0.25, 0.3) is 0 Å². The Morgan fingerprint density at radius 2 is 2.05 bits per heavy atom. The van der Waals surface area contributed by atoms with E-state index in [0.717, 1.165) is 0 Å². The van der Waals surface area contributed by atoms with E-state index in [0.29, 0.717) is 4.47 Å². The molecule has 8 heteroatoms. The molecule has 0 aromatic heterocycles. The number of sulfonamides is 1. The molecular formula is C13H15BrN2O4S. The van der Waals surface area contributed by atoms with Crippen molar-refractivity contribution in [2.24, 2.45) is 5.92 Å². The van der Waals surface area contributed by atoms with Gasteiger partial charge in [-0.3, -0.25) is 4.79 Å². The molecule has 114 valence electrons. The van der Waals surface area contributed by atoms with Gasteiger partial charge in [0.05, 0.1) is 16.5 Å². The normalized spacial score (nSPS) is 12.9. The summed E-state index contributed by atoms with van der Waals surface area (Å²) in [5.74, 6) is -1.21. The van der Waals surface area contributed by atoms with Crippen LogP contribution in [0.2, 0.25) is 0 Å². The molecule has 6 nitrogen and oxygen atoms in total. The first-order chi connectivity index (χ1) is 9.65. The maximum absolute atomic E-state index is 12.2. The minimum absolute atomic E-state index is 0.0194. The van der Waals surface area contributed by atoms with Crippen LogP contribution in [0.3, 0.4) is 0 Å². The van der Waals surface area contributed by atoms with E-state index in [4.69, 9.17) is 10.4 Å². The SMILES string of the molecule is CC(C)C[C@H](NS(=O)(=O)c1cc(Br)cc(C#N)c1)C(=O)O. The second-order valence-electron chi connectivity index (χ2n) is 4.93. The van der Waals surface area contributed by atoms with Gasteiger partial charge in [0.1, 0.15) is 6.04 Å². The maximum atomic E-state index is 12.2. The second-order valence-corrected chi connectivity index (χ2v) is 7.56. The van der Waals surface area contributed by atoms with Gasteiger partial charge in [0.15, 0.2) is 0 Å². The quantitative estimate of drug-likeness (QED) is 0.792. The van der Waals surface area contributed by atoms with Crippen LogP contribution < -0.4 is 4.72 Å². The predicted molar refractivity (Wildman–Crippen MR) is 80.1 cm³/mol. The van der Waals surface area contributed by atoms with Crippen LogP contribution in [0, 0.1) is 17.2 Å². The van der Waals surface area contributed by atoms with Crippen molar-refractivity contribution in [3.05, 3.63) is 28.2 Å². The Balaban J connectivity index is 3.13. The van der Waals surface area contributed by atoms with Gasteiger partial charge in [0.2, 0.25) is 10.0 Å². The molecule has 0 saturated heterocycles. The number of hydrogen-bond acceptors (Lipinski definition) is 4. The average molecular weight is 375 g/mol. The molecule has 0 heterocycles. The van der Waals surface area contributed by atoms with Gasteiger partial charge in [-0.2, -0.15) is 9.98 Å². The Labute approximate surface area is 132 Å². The van der Waals surface area contributed by atoms with Gasteiger partial charge in [-0.1, -0.05) is 29.8 Å². The minimum Gasteiger partial charge on any atom is -0.480 e. The highest BCUT2D eigenvalue weighted by molar-refractivity contribution is 9.10. The molecule has 0 saturated carbocycles. The molecule has 0 aliphatic carbocycles. The molecule has 0 aliphatic heterocycles. The number of halogens is 1. The fourth-order valence-corrected chi connectivity index (χ4v) is 3.63. The van der Waals surface area contributed by atoms with Crippen LogP contribution in [-0.4, -0.2) is 25.5 Å². The molecule has 0 radical (unpaired) electrons. The van der Waals surface area contributed by atoms with Gasteiger partial charge in [0.25, 0.3) is 0 Å². The fourth-order valence-electron chi connectivity index (χ4n) is 1.71. The second kappa shape index (κ2) is 7.02. The van der Waals surface area contributed by atoms with Gasteiger partial charge >= 0.3 is 5.97 Å². The number of aliphatic carboxylic acids is 1. The van der Waals surface area contributed by atoms with Crippen LogP contribution in [0.4, 0.5) is 0 Å². The highest BCUT2D eigenvalue weighted by atomic mass is 79.9. The molecular weight excluding hydrogens is 360 g/mol. The van der Waals surface area contributed by atoms with Gasteiger partial charge in [-0.05, 0) is 30.5 Å². The van der Waals surface area contributed by atoms with Crippen LogP contribution in [0.1, 0.15) is 25.8 Å². The third-order valence-electron chi connectivity index (χ3n) is 2.61. The van der Waals surface area contributed by atoms with Crippen molar-refractivity contribution >= 4 is 31.9 Å². The van der Waals surface area contributed by atoms with Crippen LogP contribution in [-0.2, 0) is 14.8 Å². The molecule has 21 heavy (non-hydrogen) atoms. The first kappa shape index (κ1) is 17.6. The summed E-state index contributed by atoms with van der Waals surface area (Å²) in [6.07, 6.45) is 0.174. The summed E-state index contributed by atoms with van der Waals surface area (Å²) in [6.45, 7) is 3.61. The molecule has 1 aromatic rings. The molecule has 1 atom stereocenters. The largest absolute Gasteiger partial charge is 0.480 e. The lowest BCUT2D eigenvalue weighted by atomic mass is 10.1. The number of benzene rings is 1. The lowest BCUT2D eigenvalue weighted by molar-refractivity contribution is -0.139. The zero-order valence-corrected chi connectivity index (χ0v) is 13.9. The summed E-state index contributed by atoms with van der Waals surface area (Å²) < 4.78 is 27.1. The molecule has 1 rings (SSSR count). The zero-order valence-electron chi connectivity index (χ0n) is 11.5. The highest BCUT2D eigenvalue weighted by Crippen LogP contribution is 2.20. The van der Waals surface area contributed by atoms with Crippen molar-refractivity contribution in [3.63, 3.8) is 0 Å². The standard InChI is InChI=1S/C13H15BrN2O4S/c1-8(2)3-12(13(17)18)16-21(19,20)11-5-9(7-15)4-10(14)6-11/h4-6,8,12,16H,3H2,1-2H3,(H,17,18)/t12-/m0/s1. The Hall–Kier alpha value is -1.43. The number of nitrogens with zero attached hydrogens (tertiary/aromatic N) is 1. The van der Waals surface area contributed by atoms with E-state index in [-0.39, 0.29) is 22.8 Å². The lowest BCUT2D eigenvalue weighted by Crippen LogP contribution is -2.41. The number of rotatable bonds is 6. The van der Waals surface area contributed by atoms with E-state index in [9.17, 15) is 13.2 Å². The summed E-state index contributed by atoms with van der Waals surface area (Å²) in [5.41, 5.74) is 0.167. The molecule has 0 spiro atoms. The van der Waals surface area contributed by atoms with Crippen molar-refractivity contribution in [3.8, 4) is 6.07 Å². The van der Waals surface area contributed by atoms with Gasteiger partial charge in [-0.25, -0.2) is 8.42 Å². The van der Waals surface area contributed by atoms with Crippen molar-refractivity contribution in [2.45, 2.75) is 31.2 Å². The molecule has 2 N–H and O–H groups in total. The molecule has 0 amide bonds. The third kappa shape index (κ3) is 5.12. The summed E-state index contributed by atoms with van der Waals surface area (Å²) >= 11 is 3.12. The van der Waals surface area contributed by atoms with E-state index >= 15 is 0 Å². The molecule has 0 aliphatic rings. The number of nitriles is 1. The fraction of sp³-hybridized carbons (Fsp3) is 0.385. The van der Waals surface area contributed by atoms with Gasteiger partial charge in [0, 0.05) is 4.47 Å². The maximum Gasteiger partial charge on any atom is 0.321 e. The van der Waals surface area contributed by atoms with Crippen LogP contribution >= 0.6 is 15.9 Å². The number of carboxylic acids is 1. The van der Waals surface area contributed by atoms with Crippen LogP contribution in [0.15, 0.2) is 27.6 Å². The smallest absolute Gasteiger partial charge is 0.321 e. The first-order valence-electron chi connectivity index (χ1n) is 6.11. The topological polar surface area (TPSA) is 107 Å². The molecule has 0 unspecified atom stereocenters. The Kier molecular flexibility index (Phi) is 5.89. The summed E-state index contributed by atoms with van der Waals surface area (Å²) in [4.78, 5) is 11.0. The Morgan fingerprint density at radius 1 is 1.43 bits per heavy atom. The van der Waals surface area contributed by atoms with Crippen LogP contribution in [0.5, 0.6) is 0 Å². The van der Waals surface area contributed by atoms with Gasteiger partial charge in [-0.15, -0.1) is 0 Å². The van der Waals surface area contributed by atoms with E-state index in [2.05, 4.69) is 20.7 Å². The predicted octanol–water partition coefficient (Wildman–Crippen LogP) is 2.10. The molecule has 1 aromatic carbocycles. The summed E-state index contributed by atoms with van der Waals surface area (Å²) in [5, 5.41) is 18.0. The number of carboxylic acid groups (broad SMARTS) is 1. The number of nitrogens with one attached hydrogen (secondary N) is 1. The first-order valence-corrected chi connectivity index (χ1v) is 8.39. The van der Waals surface area contributed by atoms with E-state index < -0.39 is 22.0 Å². The monoisotopic (exact) mass is 374 g/mol. The van der Waals surface area contributed by atoms with E-state index in [1.54, 1.807) is 13.8 Å². The van der Waals surface area contributed by atoms with E-state index in [1.165, 1.54) is 18.2 Å². The zero-order chi connectivity index (χ0) is 16.2. The highest BCUT2D eigenvalue weighted by Gasteiger charge is 2.26. The minimum atomic E-state index is -4.02. The molecule has 0 bridgehead atoms. The number of carbonyl (C=O) groups is 1. The van der Waals surface area contributed by atoms with Crippen molar-refractivity contribution in [1.29, 1.82) is 5.26 Å². The van der Waals surface area contributed by atoms with Crippen molar-refractivity contribution in [2.75, 3.05) is 0 Å². The van der Waals surface area contributed by atoms with E-state index in [1.807, 2.05) is 6.07 Å². The third-order valence-corrected chi connectivity index (χ3v) is 4.52. The Bertz CT molecular complexity index is 680. The summed E-state index contributed by atoms with van der Waals surface area (Å²) in [7, 11) is -4.02. The number of hydrogen-bond donors (Lipinski definition) is 2.